The van der Waals surface area contributed by atoms with Crippen molar-refractivity contribution in [3.05, 3.63) is 82.0 Å². The topological polar surface area (TPSA) is 272 Å². The third-order valence-corrected chi connectivity index (χ3v) is 7.71. The first kappa shape index (κ1) is 40.2. The molecule has 0 bridgehead atoms. The number of nitrogens with zero attached hydrogens (tertiary/aromatic N) is 3. The molecule has 0 aliphatic carbocycles. The molecule has 3 aromatic rings. The molecular weight excluding hydrogens is 676 g/mol. The predicted molar refractivity (Wildman–Crippen MR) is 191 cm³/mol. The second-order valence-electron chi connectivity index (χ2n) is 13.1. The van der Waals surface area contributed by atoms with E-state index in [1.165, 1.54) is 7.05 Å². The maximum atomic E-state index is 13.6. The normalized spacial score (nSPS) is 12.8. The van der Waals surface area contributed by atoms with Crippen LogP contribution in [0.15, 0.2) is 60.8 Å². The lowest BCUT2D eigenvalue weighted by atomic mass is 10.0. The van der Waals surface area contributed by atoms with Gasteiger partial charge in [0.25, 0.3) is 6.17 Å². The first-order valence-corrected chi connectivity index (χ1v) is 16.4. The Morgan fingerprint density at radius 1 is 0.981 bits per heavy atom. The Bertz CT molecular complexity index is 1760. The third-order valence-electron chi connectivity index (χ3n) is 7.71. The third kappa shape index (κ3) is 12.0. The minimum absolute atomic E-state index is 0.0437. The summed E-state index contributed by atoms with van der Waals surface area (Å²) >= 11 is 0. The number of ether oxygens (including phenoxy) is 1. The van der Waals surface area contributed by atoms with Gasteiger partial charge in [0.1, 0.15) is 17.7 Å². The Kier molecular flexibility index (Phi) is 14.0. The number of amides is 6. The van der Waals surface area contributed by atoms with Gasteiger partial charge in [-0.2, -0.15) is 4.90 Å². The van der Waals surface area contributed by atoms with E-state index in [0.717, 1.165) is 21.4 Å². The van der Waals surface area contributed by atoms with Crippen molar-refractivity contribution >= 4 is 46.7 Å². The molecule has 3 rings (SSSR count). The summed E-state index contributed by atoms with van der Waals surface area (Å²) in [4.78, 5) is 80.2. The van der Waals surface area contributed by atoms with E-state index in [1.54, 1.807) is 69.4 Å². The van der Waals surface area contributed by atoms with Gasteiger partial charge >= 0.3 is 12.1 Å². The fourth-order valence-electron chi connectivity index (χ4n) is 5.38. The molecule has 3 unspecified atom stereocenters. The summed E-state index contributed by atoms with van der Waals surface area (Å²) in [5.41, 5.74) is 12.3. The molecule has 3 atom stereocenters. The number of fused-ring (bicyclic) bond motifs is 1. The van der Waals surface area contributed by atoms with Crippen molar-refractivity contribution in [1.29, 1.82) is 5.41 Å². The molecule has 9 N–H and O–H groups in total. The van der Waals surface area contributed by atoms with E-state index in [1.807, 2.05) is 12.1 Å². The molecule has 0 spiro atoms. The number of nitrogens with one attached hydrogen (secondary N) is 5. The van der Waals surface area contributed by atoms with Gasteiger partial charge in [0.05, 0.1) is 6.54 Å². The number of carbonyl (C=O) groups excluding carboxylic acids is 5. The van der Waals surface area contributed by atoms with E-state index in [4.69, 9.17) is 21.6 Å². The number of hydrogen-bond donors (Lipinski definition) is 7. The second kappa shape index (κ2) is 18.2. The molecule has 52 heavy (non-hydrogen) atoms. The average molecular weight is 723 g/mol. The molecule has 0 radical (unpaired) electrons. The predicted octanol–water partition coefficient (Wildman–Crippen LogP) is 1.56. The number of nitro groups is 1. The van der Waals surface area contributed by atoms with Gasteiger partial charge in [0.15, 0.2) is 0 Å². The molecule has 2 aromatic carbocycles. The summed E-state index contributed by atoms with van der Waals surface area (Å²) in [5, 5.41) is 28.7. The zero-order valence-corrected chi connectivity index (χ0v) is 29.5. The molecule has 0 fully saturated rings. The first-order chi connectivity index (χ1) is 24.5. The lowest BCUT2D eigenvalue weighted by Gasteiger charge is -2.28. The van der Waals surface area contributed by atoms with Crippen LogP contribution in [0.1, 0.15) is 44.7 Å². The van der Waals surface area contributed by atoms with Crippen LogP contribution in [0.3, 0.4) is 0 Å². The number of likely N-dealkylation sites (N-methyl/N-ethyl adjacent to an activating group) is 1. The number of carbonyl (C=O) groups is 5. The van der Waals surface area contributed by atoms with E-state index in [-0.39, 0.29) is 32.2 Å². The van der Waals surface area contributed by atoms with Crippen LogP contribution in [0, 0.1) is 15.5 Å². The van der Waals surface area contributed by atoms with Gasteiger partial charge < -0.3 is 42.0 Å². The number of primary amides is 1. The fourth-order valence-corrected chi connectivity index (χ4v) is 5.38. The molecule has 0 aliphatic rings. The van der Waals surface area contributed by atoms with Crippen molar-refractivity contribution in [1.82, 2.24) is 30.7 Å². The van der Waals surface area contributed by atoms with Gasteiger partial charge in [-0.1, -0.05) is 48.5 Å². The van der Waals surface area contributed by atoms with Crippen LogP contribution in [0.2, 0.25) is 0 Å². The average Bonchev–Trinajstić information content (AvgIpc) is 3.46. The standard InChI is InChI=1S/C34H46N10O8/c1-34(2,3)52-33(49)41-25(17-21-11-6-5-7-12-21)29(46)38-16-10-15-28(44(50)51)43(31(36)37)32(48)40-26(30(47)42(4)20-27(35)45)18-22-19-39-24-14-9-8-13-23(22)24/h5-9,11-14,19,25-26,28,39H,10,15-18,20H2,1-4H3,(H2,35,45)(H3,36,37)(H,38,46)(H,40,48)(H,41,49). The van der Waals surface area contributed by atoms with Gasteiger partial charge in [0, 0.05) is 54.9 Å². The molecule has 6 amide bonds. The van der Waals surface area contributed by atoms with Crippen LogP contribution in [0.4, 0.5) is 9.59 Å². The Morgan fingerprint density at radius 3 is 2.25 bits per heavy atom. The molecular formula is C34H46N10O8. The zero-order valence-electron chi connectivity index (χ0n) is 29.5. The highest BCUT2D eigenvalue weighted by molar-refractivity contribution is 5.97. The summed E-state index contributed by atoms with van der Waals surface area (Å²) < 4.78 is 5.30. The lowest BCUT2D eigenvalue weighted by Crippen LogP contribution is -2.59. The zero-order chi connectivity index (χ0) is 38.6. The summed E-state index contributed by atoms with van der Waals surface area (Å²) in [5.74, 6) is -3.05. The van der Waals surface area contributed by atoms with Crippen LogP contribution in [-0.2, 0) is 32.0 Å². The van der Waals surface area contributed by atoms with Crippen molar-refractivity contribution in [2.24, 2.45) is 11.5 Å². The highest BCUT2D eigenvalue weighted by atomic mass is 16.6. The van der Waals surface area contributed by atoms with Crippen molar-refractivity contribution < 1.29 is 33.6 Å². The fraction of sp³-hybridized carbons (Fsp3) is 0.412. The number of aromatic amines is 1. The van der Waals surface area contributed by atoms with Gasteiger partial charge in [-0.05, 0) is 44.4 Å². The molecule has 1 heterocycles. The Balaban J connectivity index is 1.73. The number of nitrogens with two attached hydrogens (primary N) is 2. The Hall–Kier alpha value is -6.20. The minimum Gasteiger partial charge on any atom is -0.444 e. The van der Waals surface area contributed by atoms with Gasteiger partial charge in [-0.15, -0.1) is 0 Å². The molecule has 1 aromatic heterocycles. The highest BCUT2D eigenvalue weighted by Crippen LogP contribution is 2.20. The van der Waals surface area contributed by atoms with E-state index in [9.17, 15) is 34.1 Å². The van der Waals surface area contributed by atoms with Crippen LogP contribution in [0.5, 0.6) is 0 Å². The summed E-state index contributed by atoms with van der Waals surface area (Å²) in [6.07, 6.45) is -1.36. The number of para-hydroxylation sites is 1. The van der Waals surface area contributed by atoms with E-state index >= 15 is 0 Å². The first-order valence-electron chi connectivity index (χ1n) is 16.4. The molecule has 0 aliphatic heterocycles. The number of guanidine groups is 1. The van der Waals surface area contributed by atoms with Crippen molar-refractivity contribution in [3.63, 3.8) is 0 Å². The largest absolute Gasteiger partial charge is 0.444 e. The molecule has 18 nitrogen and oxygen atoms in total. The Morgan fingerprint density at radius 2 is 1.63 bits per heavy atom. The SMILES string of the molecule is CN(CC(N)=O)C(=O)C(Cc1c[nH]c2ccccc12)NC(=O)N(C(=N)N)C(CCCNC(=O)C(Cc1ccccc1)NC(=O)OC(C)(C)C)[N+](=O)[O-]. The number of H-pyrrole nitrogens is 1. The number of alkyl carbamates (subject to hydrolysis) is 1. The van der Waals surface area contributed by atoms with Crippen molar-refractivity contribution in [3.8, 4) is 0 Å². The number of hydrogen-bond acceptors (Lipinski definition) is 9. The maximum absolute atomic E-state index is 13.6. The molecule has 0 saturated heterocycles. The monoisotopic (exact) mass is 722 g/mol. The summed E-state index contributed by atoms with van der Waals surface area (Å²) in [6, 6.07) is 12.6. The minimum atomic E-state index is -1.86. The quantitative estimate of drug-likeness (QED) is 0.0282. The van der Waals surface area contributed by atoms with E-state index < -0.39 is 71.1 Å². The second-order valence-corrected chi connectivity index (χ2v) is 13.1. The molecule has 280 valence electrons. The van der Waals surface area contributed by atoms with Gasteiger partial charge in [-0.3, -0.25) is 29.9 Å². The lowest BCUT2D eigenvalue weighted by molar-refractivity contribution is -0.541. The van der Waals surface area contributed by atoms with E-state index in [0.29, 0.717) is 10.5 Å². The van der Waals surface area contributed by atoms with Crippen molar-refractivity contribution in [2.75, 3.05) is 20.1 Å². The van der Waals surface area contributed by atoms with Crippen molar-refractivity contribution in [2.45, 2.75) is 70.3 Å². The van der Waals surface area contributed by atoms with Gasteiger partial charge in [0.2, 0.25) is 23.7 Å². The summed E-state index contributed by atoms with van der Waals surface area (Å²) in [6.45, 7) is 4.48. The highest BCUT2D eigenvalue weighted by Gasteiger charge is 2.37. The summed E-state index contributed by atoms with van der Waals surface area (Å²) in [7, 11) is 1.31. The smallest absolute Gasteiger partial charge is 0.408 e. The number of urea groups is 1. The van der Waals surface area contributed by atoms with Crippen LogP contribution < -0.4 is 27.4 Å². The Labute approximate surface area is 300 Å². The molecule has 0 saturated carbocycles. The number of rotatable bonds is 16. The molecule has 18 heteroatoms. The van der Waals surface area contributed by atoms with Crippen LogP contribution in [-0.4, -0.2) is 99.5 Å². The number of aromatic nitrogens is 1. The van der Waals surface area contributed by atoms with Crippen LogP contribution >= 0.6 is 0 Å². The van der Waals surface area contributed by atoms with Gasteiger partial charge in [-0.25, -0.2) is 9.59 Å². The number of benzene rings is 2. The van der Waals surface area contributed by atoms with E-state index in [2.05, 4.69) is 20.9 Å². The van der Waals surface area contributed by atoms with Crippen LogP contribution in [0.25, 0.3) is 10.9 Å². The maximum Gasteiger partial charge on any atom is 0.408 e.